The normalized spacial score (nSPS) is 16.9. The number of piperidine rings is 1. The van der Waals surface area contributed by atoms with E-state index in [1.54, 1.807) is 4.57 Å². The molecular formula is C26H30N2O3. The van der Waals surface area contributed by atoms with Gasteiger partial charge >= 0.3 is 0 Å². The number of aryl methyl sites for hydroxylation is 1. The first-order valence-corrected chi connectivity index (χ1v) is 11.3. The molecular weight excluding hydrogens is 388 g/mol. The minimum absolute atomic E-state index is 0.0141. The van der Waals surface area contributed by atoms with Crippen LogP contribution in [0.15, 0.2) is 41.2 Å². The molecule has 2 heterocycles. The molecule has 0 bridgehead atoms. The van der Waals surface area contributed by atoms with Crippen molar-refractivity contribution in [2.24, 2.45) is 5.92 Å². The second-order valence-corrected chi connectivity index (χ2v) is 8.61. The van der Waals surface area contributed by atoms with Crippen LogP contribution in [-0.4, -0.2) is 35.1 Å². The van der Waals surface area contributed by atoms with Gasteiger partial charge in [0.25, 0.3) is 11.5 Å². The maximum absolute atomic E-state index is 12.8. The van der Waals surface area contributed by atoms with Crippen molar-refractivity contribution >= 4 is 5.91 Å². The predicted octanol–water partition coefficient (Wildman–Crippen LogP) is 3.92. The van der Waals surface area contributed by atoms with Crippen molar-refractivity contribution in [2.75, 3.05) is 19.7 Å². The fraction of sp³-hybridized carbons (Fsp3) is 0.462. The highest BCUT2D eigenvalue weighted by Gasteiger charge is 2.19. The molecule has 162 valence electrons. The van der Waals surface area contributed by atoms with Crippen molar-refractivity contribution in [3.05, 3.63) is 63.6 Å². The summed E-state index contributed by atoms with van der Waals surface area (Å²) in [5.41, 5.74) is 2.73. The molecule has 2 fully saturated rings. The Balaban J connectivity index is 1.43. The Bertz CT molecular complexity index is 1050. The van der Waals surface area contributed by atoms with E-state index in [0.29, 0.717) is 11.7 Å². The van der Waals surface area contributed by atoms with Crippen molar-refractivity contribution in [1.29, 1.82) is 0 Å². The predicted molar refractivity (Wildman–Crippen MR) is 121 cm³/mol. The Labute approximate surface area is 184 Å². The number of pyridine rings is 1. The highest BCUT2D eigenvalue weighted by atomic mass is 16.5. The number of likely N-dealkylation sites (tertiary alicyclic amines) is 1. The number of amides is 1. The lowest BCUT2D eigenvalue weighted by molar-refractivity contribution is -0.134. The topological polar surface area (TPSA) is 51.5 Å². The Hall–Kier alpha value is -3.00. The zero-order valence-corrected chi connectivity index (χ0v) is 18.4. The van der Waals surface area contributed by atoms with E-state index in [4.69, 9.17) is 4.74 Å². The van der Waals surface area contributed by atoms with Crippen LogP contribution >= 0.6 is 0 Å². The fourth-order valence-corrected chi connectivity index (χ4v) is 4.05. The van der Waals surface area contributed by atoms with E-state index >= 15 is 0 Å². The van der Waals surface area contributed by atoms with Gasteiger partial charge in [0.15, 0.2) is 6.61 Å². The van der Waals surface area contributed by atoms with Gasteiger partial charge < -0.3 is 14.2 Å². The molecule has 2 aromatic rings. The van der Waals surface area contributed by atoms with Gasteiger partial charge in [-0.05, 0) is 69.7 Å². The minimum Gasteiger partial charge on any atom is -0.484 e. The van der Waals surface area contributed by atoms with Crippen molar-refractivity contribution < 1.29 is 9.53 Å². The molecule has 0 N–H and O–H groups in total. The molecule has 0 unspecified atom stereocenters. The van der Waals surface area contributed by atoms with Crippen LogP contribution in [0.5, 0.6) is 5.75 Å². The summed E-state index contributed by atoms with van der Waals surface area (Å²) >= 11 is 0. The minimum atomic E-state index is -0.134. The molecule has 1 aromatic heterocycles. The van der Waals surface area contributed by atoms with Crippen LogP contribution in [0.4, 0.5) is 0 Å². The van der Waals surface area contributed by atoms with Gasteiger partial charge in [0.2, 0.25) is 0 Å². The van der Waals surface area contributed by atoms with E-state index in [9.17, 15) is 9.59 Å². The van der Waals surface area contributed by atoms with Crippen LogP contribution in [0.3, 0.4) is 0 Å². The SMILES string of the molecule is Cc1cc(OCC(=O)N2CCCCC2)cc(=O)n1[C@H](C)c1ccc(C#CC2CC2)cc1. The Kier molecular flexibility index (Phi) is 6.46. The van der Waals surface area contributed by atoms with Crippen LogP contribution < -0.4 is 10.3 Å². The lowest BCUT2D eigenvalue weighted by Crippen LogP contribution is -2.38. The number of nitrogens with zero attached hydrogens (tertiary/aromatic N) is 2. The van der Waals surface area contributed by atoms with Crippen LogP contribution in [-0.2, 0) is 4.79 Å². The number of carbonyl (C=O) groups is 1. The molecule has 0 radical (unpaired) electrons. The van der Waals surface area contributed by atoms with Crippen LogP contribution in [0.1, 0.15) is 61.9 Å². The van der Waals surface area contributed by atoms with E-state index in [-0.39, 0.29) is 24.1 Å². The standard InChI is InChI=1S/C26H30N2O3/c1-19-16-24(31-18-26(30)27-14-4-3-5-15-27)17-25(29)28(19)20(2)23-12-10-22(11-13-23)9-8-21-6-7-21/h10-13,16-17,20-21H,3-7,14-15,18H2,1-2H3/t20-/m1/s1. The third-order valence-corrected chi connectivity index (χ3v) is 6.08. The molecule has 1 aromatic carbocycles. The summed E-state index contributed by atoms with van der Waals surface area (Å²) in [5.74, 6) is 7.51. The van der Waals surface area contributed by atoms with E-state index in [1.807, 2.05) is 49.1 Å². The van der Waals surface area contributed by atoms with Gasteiger partial charge in [0.05, 0.1) is 6.04 Å². The third kappa shape index (κ3) is 5.38. The molecule has 1 aliphatic heterocycles. The lowest BCUT2D eigenvalue weighted by atomic mass is 10.1. The first kappa shape index (κ1) is 21.2. The second-order valence-electron chi connectivity index (χ2n) is 8.61. The van der Waals surface area contributed by atoms with Crippen LogP contribution in [0.25, 0.3) is 0 Å². The average Bonchev–Trinajstić information content (AvgIpc) is 3.61. The number of hydrogen-bond donors (Lipinski definition) is 0. The molecule has 31 heavy (non-hydrogen) atoms. The molecule has 4 rings (SSSR count). The number of rotatable bonds is 5. The van der Waals surface area contributed by atoms with Crippen molar-refractivity contribution in [1.82, 2.24) is 9.47 Å². The largest absolute Gasteiger partial charge is 0.484 e. The van der Waals surface area contributed by atoms with E-state index in [1.165, 1.54) is 25.3 Å². The van der Waals surface area contributed by atoms with Gasteiger partial charge in [-0.2, -0.15) is 0 Å². The maximum atomic E-state index is 12.8. The first-order valence-electron chi connectivity index (χ1n) is 11.3. The van der Waals surface area contributed by atoms with Crippen molar-refractivity contribution in [3.8, 4) is 17.6 Å². The van der Waals surface area contributed by atoms with Gasteiger partial charge in [0, 0.05) is 36.3 Å². The number of carbonyl (C=O) groups excluding carboxylic acids is 1. The van der Waals surface area contributed by atoms with Gasteiger partial charge in [-0.1, -0.05) is 24.0 Å². The first-order chi connectivity index (χ1) is 15.0. The van der Waals surface area contributed by atoms with E-state index in [2.05, 4.69) is 11.8 Å². The van der Waals surface area contributed by atoms with Crippen LogP contribution in [0, 0.1) is 24.7 Å². The quantitative estimate of drug-likeness (QED) is 0.692. The summed E-state index contributed by atoms with van der Waals surface area (Å²) in [5, 5.41) is 0. The lowest BCUT2D eigenvalue weighted by Gasteiger charge is -2.26. The third-order valence-electron chi connectivity index (χ3n) is 6.08. The maximum Gasteiger partial charge on any atom is 0.260 e. The Morgan fingerprint density at radius 2 is 1.84 bits per heavy atom. The highest BCUT2D eigenvalue weighted by Crippen LogP contribution is 2.27. The summed E-state index contributed by atoms with van der Waals surface area (Å²) in [7, 11) is 0. The molecule has 1 aliphatic carbocycles. The van der Waals surface area contributed by atoms with Gasteiger partial charge in [-0.25, -0.2) is 0 Å². The monoisotopic (exact) mass is 418 g/mol. The zero-order chi connectivity index (χ0) is 21.8. The number of hydrogen-bond acceptors (Lipinski definition) is 3. The van der Waals surface area contributed by atoms with Crippen molar-refractivity contribution in [2.45, 2.75) is 52.0 Å². The van der Waals surface area contributed by atoms with Gasteiger partial charge in [-0.3, -0.25) is 9.59 Å². The Morgan fingerprint density at radius 3 is 2.48 bits per heavy atom. The molecule has 2 aliphatic rings. The van der Waals surface area contributed by atoms with Crippen LogP contribution in [0.2, 0.25) is 0 Å². The summed E-state index contributed by atoms with van der Waals surface area (Å²) in [4.78, 5) is 27.0. The summed E-state index contributed by atoms with van der Waals surface area (Å²) in [6.45, 7) is 5.48. The average molecular weight is 419 g/mol. The zero-order valence-electron chi connectivity index (χ0n) is 18.4. The highest BCUT2D eigenvalue weighted by molar-refractivity contribution is 5.77. The number of benzene rings is 1. The molecule has 1 atom stereocenters. The smallest absolute Gasteiger partial charge is 0.260 e. The molecule has 1 amide bonds. The molecule has 0 spiro atoms. The van der Waals surface area contributed by atoms with E-state index < -0.39 is 0 Å². The van der Waals surface area contributed by atoms with Crippen molar-refractivity contribution in [3.63, 3.8) is 0 Å². The van der Waals surface area contributed by atoms with Gasteiger partial charge in [-0.15, -0.1) is 0 Å². The molecule has 1 saturated heterocycles. The summed E-state index contributed by atoms with van der Waals surface area (Å²) in [6.07, 6.45) is 5.71. The molecule has 1 saturated carbocycles. The summed E-state index contributed by atoms with van der Waals surface area (Å²) in [6, 6.07) is 11.3. The number of aromatic nitrogens is 1. The molecule has 5 nitrogen and oxygen atoms in total. The van der Waals surface area contributed by atoms with Gasteiger partial charge in [0.1, 0.15) is 5.75 Å². The summed E-state index contributed by atoms with van der Waals surface area (Å²) < 4.78 is 7.42. The fourth-order valence-electron chi connectivity index (χ4n) is 4.05. The Morgan fingerprint density at radius 1 is 1.13 bits per heavy atom. The molecule has 5 heteroatoms. The van der Waals surface area contributed by atoms with E-state index in [0.717, 1.165) is 42.8 Å². The number of ether oxygens (including phenoxy) is 1. The second kappa shape index (κ2) is 9.43.